The van der Waals surface area contributed by atoms with E-state index in [9.17, 15) is 4.79 Å². The topological polar surface area (TPSA) is 70.7 Å². The van der Waals surface area contributed by atoms with E-state index in [4.69, 9.17) is 0 Å². The second-order valence-corrected chi connectivity index (χ2v) is 5.51. The van der Waals surface area contributed by atoms with Gasteiger partial charge in [-0.25, -0.2) is 4.98 Å². The summed E-state index contributed by atoms with van der Waals surface area (Å²) in [5.41, 5.74) is 0.824. The van der Waals surface area contributed by atoms with E-state index in [1.165, 1.54) is 11.8 Å². The van der Waals surface area contributed by atoms with E-state index in [-0.39, 0.29) is 11.7 Å². The second kappa shape index (κ2) is 5.97. The number of thioether (sulfide) groups is 1. The zero-order chi connectivity index (χ0) is 14.7. The monoisotopic (exact) mass is 298 g/mol. The first kappa shape index (κ1) is 13.6. The summed E-state index contributed by atoms with van der Waals surface area (Å²) in [5, 5.41) is 12.4. The molecule has 0 aliphatic carbocycles. The lowest BCUT2D eigenvalue weighted by atomic mass is 10.1. The van der Waals surface area contributed by atoms with Gasteiger partial charge in [-0.15, -0.1) is 5.10 Å². The lowest BCUT2D eigenvalue weighted by Crippen LogP contribution is -2.14. The number of amides is 1. The first-order valence-electron chi connectivity index (χ1n) is 6.52. The van der Waals surface area contributed by atoms with Crippen molar-refractivity contribution in [2.24, 2.45) is 0 Å². The van der Waals surface area contributed by atoms with Crippen LogP contribution in [0.2, 0.25) is 0 Å². The quantitative estimate of drug-likeness (QED) is 0.726. The smallest absolute Gasteiger partial charge is 0.234 e. The second-order valence-electron chi connectivity index (χ2n) is 4.57. The molecule has 0 unspecified atom stereocenters. The molecule has 0 aliphatic heterocycles. The first-order valence-corrected chi connectivity index (χ1v) is 7.50. The molecule has 0 saturated heterocycles. The molecular weight excluding hydrogens is 284 g/mol. The lowest BCUT2D eigenvalue weighted by molar-refractivity contribution is -0.113. The molecule has 0 spiro atoms. The predicted molar refractivity (Wildman–Crippen MR) is 84.4 cm³/mol. The van der Waals surface area contributed by atoms with Gasteiger partial charge in [0.05, 0.1) is 5.75 Å². The molecule has 2 N–H and O–H groups in total. The van der Waals surface area contributed by atoms with Crippen LogP contribution in [0, 0.1) is 6.92 Å². The molecule has 0 bridgehead atoms. The van der Waals surface area contributed by atoms with Crippen LogP contribution in [0.3, 0.4) is 0 Å². The highest BCUT2D eigenvalue weighted by Crippen LogP contribution is 2.23. The SMILES string of the molecule is Cc1nc(SCC(=O)Nc2cccc3ccccc23)n[nH]1. The van der Waals surface area contributed by atoms with Crippen LogP contribution in [0.5, 0.6) is 0 Å². The maximum Gasteiger partial charge on any atom is 0.234 e. The van der Waals surface area contributed by atoms with Gasteiger partial charge in [-0.1, -0.05) is 48.2 Å². The summed E-state index contributed by atoms with van der Waals surface area (Å²) in [6.07, 6.45) is 0. The Labute approximate surface area is 126 Å². The third kappa shape index (κ3) is 3.22. The molecule has 0 aliphatic rings. The Balaban J connectivity index is 1.69. The van der Waals surface area contributed by atoms with Crippen LogP contribution in [0.4, 0.5) is 5.69 Å². The van der Waals surface area contributed by atoms with Gasteiger partial charge in [-0.05, 0) is 18.4 Å². The van der Waals surface area contributed by atoms with Crippen LogP contribution < -0.4 is 5.32 Å². The van der Waals surface area contributed by atoms with E-state index in [1.54, 1.807) is 0 Å². The number of nitrogens with one attached hydrogen (secondary N) is 2. The normalized spacial score (nSPS) is 10.7. The van der Waals surface area contributed by atoms with Crippen molar-refractivity contribution >= 4 is 34.1 Å². The van der Waals surface area contributed by atoms with Gasteiger partial charge in [0.2, 0.25) is 11.1 Å². The molecule has 0 fully saturated rings. The summed E-state index contributed by atoms with van der Waals surface area (Å²) in [4.78, 5) is 16.2. The molecule has 2 aromatic carbocycles. The number of carbonyl (C=O) groups is 1. The van der Waals surface area contributed by atoms with Gasteiger partial charge in [-0.3, -0.25) is 9.89 Å². The molecule has 1 aromatic heterocycles. The first-order chi connectivity index (χ1) is 10.2. The van der Waals surface area contributed by atoms with Crippen LogP contribution in [0.15, 0.2) is 47.6 Å². The van der Waals surface area contributed by atoms with Crippen LogP contribution in [0.25, 0.3) is 10.8 Å². The third-order valence-corrected chi connectivity index (χ3v) is 3.82. The van der Waals surface area contributed by atoms with Gasteiger partial charge in [0.1, 0.15) is 5.82 Å². The minimum absolute atomic E-state index is 0.0705. The maximum atomic E-state index is 12.0. The van der Waals surface area contributed by atoms with Crippen molar-refractivity contribution in [2.75, 3.05) is 11.1 Å². The van der Waals surface area contributed by atoms with Gasteiger partial charge in [0.25, 0.3) is 0 Å². The molecule has 21 heavy (non-hydrogen) atoms. The third-order valence-electron chi connectivity index (χ3n) is 2.97. The fourth-order valence-electron chi connectivity index (χ4n) is 2.04. The number of hydrogen-bond acceptors (Lipinski definition) is 4. The summed E-state index contributed by atoms with van der Waals surface area (Å²) in [6.45, 7) is 1.83. The number of carbonyl (C=O) groups excluding carboxylic acids is 1. The van der Waals surface area contributed by atoms with E-state index in [2.05, 4.69) is 20.5 Å². The number of rotatable bonds is 4. The fourth-order valence-corrected chi connectivity index (χ4v) is 2.68. The Morgan fingerprint density at radius 2 is 2.05 bits per heavy atom. The molecule has 106 valence electrons. The Morgan fingerprint density at radius 3 is 2.86 bits per heavy atom. The van der Waals surface area contributed by atoms with Gasteiger partial charge in [0.15, 0.2) is 0 Å². The molecule has 5 nitrogen and oxygen atoms in total. The number of aryl methyl sites for hydroxylation is 1. The summed E-state index contributed by atoms with van der Waals surface area (Å²) in [7, 11) is 0. The lowest BCUT2D eigenvalue weighted by Gasteiger charge is -2.07. The van der Waals surface area contributed by atoms with Gasteiger partial charge in [-0.2, -0.15) is 0 Å². The molecular formula is C15H14N4OS. The molecule has 1 heterocycles. The van der Waals surface area contributed by atoms with E-state index in [1.807, 2.05) is 49.4 Å². The number of H-pyrrole nitrogens is 1. The zero-order valence-corrected chi connectivity index (χ0v) is 12.3. The number of anilines is 1. The van der Waals surface area contributed by atoms with Crippen LogP contribution in [0.1, 0.15) is 5.82 Å². The largest absolute Gasteiger partial charge is 0.325 e. The molecule has 0 radical (unpaired) electrons. The van der Waals surface area contributed by atoms with Gasteiger partial charge in [0, 0.05) is 11.1 Å². The molecule has 3 aromatic rings. The molecule has 6 heteroatoms. The number of hydrogen-bond donors (Lipinski definition) is 2. The van der Waals surface area contributed by atoms with Crippen LogP contribution in [-0.4, -0.2) is 26.8 Å². The van der Waals surface area contributed by atoms with E-state index < -0.39 is 0 Å². The van der Waals surface area contributed by atoms with Crippen LogP contribution in [-0.2, 0) is 4.79 Å². The average molecular weight is 298 g/mol. The maximum absolute atomic E-state index is 12.0. The fraction of sp³-hybridized carbons (Fsp3) is 0.133. The molecule has 0 atom stereocenters. The Kier molecular flexibility index (Phi) is 3.87. The van der Waals surface area contributed by atoms with Crippen molar-refractivity contribution in [2.45, 2.75) is 12.1 Å². The molecule has 1 amide bonds. The van der Waals surface area contributed by atoms with Crippen molar-refractivity contribution in [1.82, 2.24) is 15.2 Å². The van der Waals surface area contributed by atoms with Crippen molar-refractivity contribution < 1.29 is 4.79 Å². The van der Waals surface area contributed by atoms with E-state index >= 15 is 0 Å². The Morgan fingerprint density at radius 1 is 1.24 bits per heavy atom. The van der Waals surface area contributed by atoms with E-state index in [0.717, 1.165) is 22.3 Å². The highest BCUT2D eigenvalue weighted by Gasteiger charge is 2.08. The number of fused-ring (bicyclic) bond motifs is 1. The number of nitrogens with zero attached hydrogens (tertiary/aromatic N) is 2. The summed E-state index contributed by atoms with van der Waals surface area (Å²) in [5.74, 6) is 0.950. The number of aromatic amines is 1. The summed E-state index contributed by atoms with van der Waals surface area (Å²) >= 11 is 1.31. The van der Waals surface area contributed by atoms with Crippen molar-refractivity contribution in [3.05, 3.63) is 48.3 Å². The minimum Gasteiger partial charge on any atom is -0.325 e. The van der Waals surface area contributed by atoms with Gasteiger partial charge < -0.3 is 5.32 Å². The summed E-state index contributed by atoms with van der Waals surface area (Å²) < 4.78 is 0. The Hall–Kier alpha value is -2.34. The summed E-state index contributed by atoms with van der Waals surface area (Å²) in [6, 6.07) is 13.8. The average Bonchev–Trinajstić information content (AvgIpc) is 2.91. The number of benzene rings is 2. The molecule has 0 saturated carbocycles. The molecule has 3 rings (SSSR count). The van der Waals surface area contributed by atoms with Crippen molar-refractivity contribution in [1.29, 1.82) is 0 Å². The zero-order valence-electron chi connectivity index (χ0n) is 11.5. The minimum atomic E-state index is -0.0705. The highest BCUT2D eigenvalue weighted by atomic mass is 32.2. The van der Waals surface area contributed by atoms with Gasteiger partial charge >= 0.3 is 0 Å². The Bertz CT molecular complexity index is 779. The van der Waals surface area contributed by atoms with Crippen molar-refractivity contribution in [3.63, 3.8) is 0 Å². The van der Waals surface area contributed by atoms with Crippen LogP contribution >= 0.6 is 11.8 Å². The predicted octanol–water partition coefficient (Wildman–Crippen LogP) is 3.00. The standard InChI is InChI=1S/C15H14N4OS/c1-10-16-15(19-18-10)21-9-14(20)17-13-8-4-6-11-5-2-3-7-12(11)13/h2-8H,9H2,1H3,(H,17,20)(H,16,18,19). The highest BCUT2D eigenvalue weighted by molar-refractivity contribution is 7.99. The number of aromatic nitrogens is 3. The van der Waals surface area contributed by atoms with E-state index in [0.29, 0.717) is 5.16 Å². The van der Waals surface area contributed by atoms with Crippen molar-refractivity contribution in [3.8, 4) is 0 Å².